The summed E-state index contributed by atoms with van der Waals surface area (Å²) < 4.78 is 0. The van der Waals surface area contributed by atoms with Crippen LogP contribution >= 0.6 is 11.8 Å². The van der Waals surface area contributed by atoms with Crippen LogP contribution in [-0.4, -0.2) is 16.8 Å². The summed E-state index contributed by atoms with van der Waals surface area (Å²) in [4.78, 5) is 11.7. The Hall–Kier alpha value is 0.0200. The van der Waals surface area contributed by atoms with Gasteiger partial charge in [-0.05, 0) is 11.2 Å². The summed E-state index contributed by atoms with van der Waals surface area (Å²) in [6.45, 7) is 8.70. The molecule has 0 aromatic heterocycles. The lowest BCUT2D eigenvalue weighted by Crippen LogP contribution is -2.11. The van der Waals surface area contributed by atoms with E-state index in [1.165, 1.54) is 19.3 Å². The highest BCUT2D eigenvalue weighted by Gasteiger charge is 2.12. The molecule has 0 heterocycles. The molecule has 0 rings (SSSR count). The van der Waals surface area contributed by atoms with Crippen LogP contribution in [-0.2, 0) is 4.79 Å². The topological polar surface area (TPSA) is 17.1 Å². The summed E-state index contributed by atoms with van der Waals surface area (Å²) in [5, 5.41) is 0.574. The van der Waals surface area contributed by atoms with Crippen LogP contribution in [0.2, 0.25) is 0 Å². The maximum atomic E-state index is 11.7. The number of carbonyl (C=O) groups is 1. The van der Waals surface area contributed by atoms with E-state index in [-0.39, 0.29) is 0 Å². The molecule has 0 saturated carbocycles. The summed E-state index contributed by atoms with van der Waals surface area (Å²) >= 11 is 1.77. The lowest BCUT2D eigenvalue weighted by atomic mass is 9.94. The van der Waals surface area contributed by atoms with E-state index in [9.17, 15) is 4.79 Å². The van der Waals surface area contributed by atoms with Crippen LogP contribution in [0.4, 0.5) is 0 Å². The van der Waals surface area contributed by atoms with Crippen molar-refractivity contribution in [3.05, 3.63) is 0 Å². The molecule has 0 saturated heterocycles. The fraction of sp³-hybridized carbons (Fsp3) is 0.923. The molecule has 90 valence electrons. The zero-order valence-electron chi connectivity index (χ0n) is 10.7. The first-order valence-electron chi connectivity index (χ1n) is 6.23. The Morgan fingerprint density at radius 3 is 2.40 bits per heavy atom. The zero-order valence-corrected chi connectivity index (χ0v) is 11.5. The fourth-order valence-electron chi connectivity index (χ4n) is 1.58. The number of hydrogen-bond acceptors (Lipinski definition) is 2. The second kappa shape index (κ2) is 9.26. The Labute approximate surface area is 99.4 Å². The molecule has 0 spiro atoms. The quantitative estimate of drug-likeness (QED) is 0.587. The molecule has 0 amide bonds. The van der Waals surface area contributed by atoms with E-state index in [0.717, 1.165) is 12.8 Å². The number of unbranched alkanes of at least 4 members (excludes halogenated alkanes) is 1. The van der Waals surface area contributed by atoms with Gasteiger partial charge in [0.15, 0.2) is 0 Å². The van der Waals surface area contributed by atoms with E-state index in [0.29, 0.717) is 22.7 Å². The molecule has 0 aliphatic rings. The molecule has 2 heteroatoms. The van der Waals surface area contributed by atoms with Crippen LogP contribution in [0.3, 0.4) is 0 Å². The van der Waals surface area contributed by atoms with Gasteiger partial charge in [-0.2, -0.15) is 11.8 Å². The van der Waals surface area contributed by atoms with E-state index in [1.54, 1.807) is 11.8 Å². The van der Waals surface area contributed by atoms with Gasteiger partial charge in [-0.1, -0.05) is 53.4 Å². The molecule has 0 radical (unpaired) electrons. The van der Waals surface area contributed by atoms with Crippen molar-refractivity contribution in [1.82, 2.24) is 0 Å². The zero-order chi connectivity index (χ0) is 11.7. The van der Waals surface area contributed by atoms with Gasteiger partial charge in [0.25, 0.3) is 0 Å². The maximum Gasteiger partial charge on any atom is 0.143 e. The van der Waals surface area contributed by atoms with Crippen LogP contribution in [0, 0.1) is 5.92 Å². The number of thioether (sulfide) groups is 1. The van der Waals surface area contributed by atoms with Gasteiger partial charge in [0.2, 0.25) is 0 Å². The number of hydrogen-bond donors (Lipinski definition) is 0. The van der Waals surface area contributed by atoms with Gasteiger partial charge >= 0.3 is 0 Å². The molecule has 1 atom stereocenters. The third-order valence-electron chi connectivity index (χ3n) is 2.64. The molecule has 0 bridgehead atoms. The van der Waals surface area contributed by atoms with E-state index < -0.39 is 0 Å². The predicted molar refractivity (Wildman–Crippen MR) is 70.5 cm³/mol. The minimum atomic E-state index is 0.441. The van der Waals surface area contributed by atoms with Crippen molar-refractivity contribution in [2.24, 2.45) is 5.92 Å². The first-order chi connectivity index (χ1) is 7.10. The average molecular weight is 230 g/mol. The Kier molecular flexibility index (Phi) is 9.27. The Morgan fingerprint density at radius 2 is 1.93 bits per heavy atom. The number of ketones is 1. The molecule has 0 aliphatic heterocycles. The molecule has 0 N–H and O–H groups in total. The summed E-state index contributed by atoms with van der Waals surface area (Å²) in [6, 6.07) is 0. The molecule has 0 aliphatic carbocycles. The summed E-state index contributed by atoms with van der Waals surface area (Å²) in [6.07, 6.45) is 5.69. The minimum absolute atomic E-state index is 0.441. The van der Waals surface area contributed by atoms with Crippen molar-refractivity contribution in [3.63, 3.8) is 0 Å². The first kappa shape index (κ1) is 15.0. The van der Waals surface area contributed by atoms with Gasteiger partial charge in [-0.25, -0.2) is 0 Å². The highest BCUT2D eigenvalue weighted by Crippen LogP contribution is 2.19. The molecule has 15 heavy (non-hydrogen) atoms. The molecule has 1 nitrogen and oxygen atoms in total. The van der Waals surface area contributed by atoms with Crippen molar-refractivity contribution in [1.29, 1.82) is 0 Å². The van der Waals surface area contributed by atoms with E-state index in [2.05, 4.69) is 27.7 Å². The van der Waals surface area contributed by atoms with Crippen molar-refractivity contribution in [2.75, 3.05) is 5.75 Å². The van der Waals surface area contributed by atoms with Crippen molar-refractivity contribution in [2.45, 2.75) is 65.0 Å². The molecule has 0 aromatic carbocycles. The monoisotopic (exact) mass is 230 g/mol. The van der Waals surface area contributed by atoms with Crippen LogP contribution in [0.25, 0.3) is 0 Å². The van der Waals surface area contributed by atoms with Gasteiger partial charge < -0.3 is 0 Å². The van der Waals surface area contributed by atoms with Gasteiger partial charge in [-0.3, -0.25) is 4.79 Å². The van der Waals surface area contributed by atoms with Crippen LogP contribution < -0.4 is 0 Å². The van der Waals surface area contributed by atoms with Gasteiger partial charge in [-0.15, -0.1) is 0 Å². The smallest absolute Gasteiger partial charge is 0.143 e. The number of rotatable bonds is 9. The third-order valence-corrected chi connectivity index (χ3v) is 3.79. The molecule has 0 fully saturated rings. The first-order valence-corrected chi connectivity index (χ1v) is 7.28. The summed E-state index contributed by atoms with van der Waals surface area (Å²) in [5.74, 6) is 1.78. The largest absolute Gasteiger partial charge is 0.299 e. The highest BCUT2D eigenvalue weighted by molar-refractivity contribution is 8.00. The molecular weight excluding hydrogens is 204 g/mol. The van der Waals surface area contributed by atoms with E-state index in [1.807, 2.05) is 0 Å². The standard InChI is InChI=1S/C13H26OS/c1-5-7-8-12(6-2)9-13(14)10-15-11(3)4/h11-12H,5-10H2,1-4H3. The van der Waals surface area contributed by atoms with Crippen molar-refractivity contribution >= 4 is 17.5 Å². The fourth-order valence-corrected chi connectivity index (χ4v) is 2.22. The number of Topliss-reactive ketones (excluding diaryl/α,β-unsaturated/α-hetero) is 1. The van der Waals surface area contributed by atoms with Crippen LogP contribution in [0.1, 0.15) is 59.8 Å². The number of carbonyl (C=O) groups excluding carboxylic acids is 1. The van der Waals surface area contributed by atoms with Crippen LogP contribution in [0.15, 0.2) is 0 Å². The van der Waals surface area contributed by atoms with Crippen molar-refractivity contribution < 1.29 is 4.79 Å². The predicted octanol–water partition coefficient (Wildman–Crippen LogP) is 4.30. The SMILES string of the molecule is CCCCC(CC)CC(=O)CSC(C)C. The molecular formula is C13H26OS. The second-order valence-electron chi connectivity index (χ2n) is 4.52. The summed E-state index contributed by atoms with van der Waals surface area (Å²) in [7, 11) is 0. The normalized spacial score (nSPS) is 13.1. The molecule has 1 unspecified atom stereocenters. The third kappa shape index (κ3) is 8.98. The Balaban J connectivity index is 3.70. The Morgan fingerprint density at radius 1 is 1.27 bits per heavy atom. The second-order valence-corrected chi connectivity index (χ2v) is 6.08. The maximum absolute atomic E-state index is 11.7. The van der Waals surface area contributed by atoms with Crippen molar-refractivity contribution in [3.8, 4) is 0 Å². The van der Waals surface area contributed by atoms with Gasteiger partial charge in [0, 0.05) is 6.42 Å². The highest BCUT2D eigenvalue weighted by atomic mass is 32.2. The lowest BCUT2D eigenvalue weighted by molar-refractivity contribution is -0.117. The van der Waals surface area contributed by atoms with Gasteiger partial charge in [0.05, 0.1) is 5.75 Å². The van der Waals surface area contributed by atoms with Crippen LogP contribution in [0.5, 0.6) is 0 Å². The lowest BCUT2D eigenvalue weighted by Gasteiger charge is -2.13. The summed E-state index contributed by atoms with van der Waals surface area (Å²) in [5.41, 5.74) is 0. The minimum Gasteiger partial charge on any atom is -0.299 e. The van der Waals surface area contributed by atoms with Gasteiger partial charge in [0.1, 0.15) is 5.78 Å². The molecule has 0 aromatic rings. The van der Waals surface area contributed by atoms with E-state index in [4.69, 9.17) is 0 Å². The Bertz CT molecular complexity index is 166. The van der Waals surface area contributed by atoms with E-state index >= 15 is 0 Å². The average Bonchev–Trinajstić information content (AvgIpc) is 2.21.